The number of nitrogens with two attached hydrogens (primary N) is 1. The number of nitrogens with zero attached hydrogens (tertiary/aromatic N) is 3. The second-order valence-electron chi connectivity index (χ2n) is 4.88. The standard InChI is InChI=1S/C16H17N5/c1-12-7-9-13(10-8-12)11-18-16-19-15(17)21(20-16)14-5-3-2-4-6-14/h2-10H,11H2,1H3,(H3,17,18,19,20). The van der Waals surface area contributed by atoms with Crippen LogP contribution in [0.3, 0.4) is 0 Å². The highest BCUT2D eigenvalue weighted by atomic mass is 15.4. The summed E-state index contributed by atoms with van der Waals surface area (Å²) in [5, 5.41) is 7.57. The molecule has 0 bridgehead atoms. The van der Waals surface area contributed by atoms with Crippen LogP contribution in [0.5, 0.6) is 0 Å². The van der Waals surface area contributed by atoms with Crippen LogP contribution in [0.1, 0.15) is 11.1 Å². The molecule has 5 nitrogen and oxygen atoms in total. The Morgan fingerprint density at radius 3 is 2.48 bits per heavy atom. The van der Waals surface area contributed by atoms with Crippen molar-refractivity contribution >= 4 is 11.9 Å². The van der Waals surface area contributed by atoms with Crippen molar-refractivity contribution in [2.45, 2.75) is 13.5 Å². The highest BCUT2D eigenvalue weighted by Gasteiger charge is 2.07. The van der Waals surface area contributed by atoms with Gasteiger partial charge in [-0.2, -0.15) is 9.67 Å². The van der Waals surface area contributed by atoms with Crippen LogP contribution in [0, 0.1) is 6.92 Å². The van der Waals surface area contributed by atoms with Crippen LogP contribution in [0.2, 0.25) is 0 Å². The molecule has 3 rings (SSSR count). The Balaban J connectivity index is 1.74. The molecule has 0 spiro atoms. The number of rotatable bonds is 4. The Hall–Kier alpha value is -2.82. The van der Waals surface area contributed by atoms with Gasteiger partial charge >= 0.3 is 0 Å². The van der Waals surface area contributed by atoms with E-state index in [1.165, 1.54) is 11.1 Å². The van der Waals surface area contributed by atoms with Gasteiger partial charge in [0.1, 0.15) is 0 Å². The maximum atomic E-state index is 5.91. The van der Waals surface area contributed by atoms with E-state index in [0.29, 0.717) is 18.4 Å². The number of nitrogens with one attached hydrogen (secondary N) is 1. The minimum atomic E-state index is 0.368. The van der Waals surface area contributed by atoms with E-state index in [4.69, 9.17) is 5.73 Å². The van der Waals surface area contributed by atoms with Crippen LogP contribution < -0.4 is 11.1 Å². The quantitative estimate of drug-likeness (QED) is 0.770. The molecule has 2 aromatic carbocycles. The first-order valence-corrected chi connectivity index (χ1v) is 6.80. The van der Waals surface area contributed by atoms with Crippen molar-refractivity contribution < 1.29 is 0 Å². The van der Waals surface area contributed by atoms with Gasteiger partial charge in [-0.25, -0.2) is 0 Å². The van der Waals surface area contributed by atoms with Crippen molar-refractivity contribution in [1.29, 1.82) is 0 Å². The van der Waals surface area contributed by atoms with Crippen molar-refractivity contribution in [1.82, 2.24) is 14.8 Å². The fraction of sp³-hybridized carbons (Fsp3) is 0.125. The smallest absolute Gasteiger partial charge is 0.244 e. The van der Waals surface area contributed by atoms with Crippen LogP contribution in [-0.4, -0.2) is 14.8 Å². The van der Waals surface area contributed by atoms with Crippen molar-refractivity contribution in [2.24, 2.45) is 0 Å². The van der Waals surface area contributed by atoms with Crippen LogP contribution in [0.4, 0.5) is 11.9 Å². The zero-order valence-electron chi connectivity index (χ0n) is 11.8. The van der Waals surface area contributed by atoms with E-state index in [1.54, 1.807) is 4.68 Å². The predicted molar refractivity (Wildman–Crippen MR) is 84.3 cm³/mol. The van der Waals surface area contributed by atoms with Crippen LogP contribution >= 0.6 is 0 Å². The molecular formula is C16H17N5. The van der Waals surface area contributed by atoms with E-state index in [2.05, 4.69) is 46.6 Å². The molecular weight excluding hydrogens is 262 g/mol. The predicted octanol–water partition coefficient (Wildman–Crippen LogP) is 2.77. The van der Waals surface area contributed by atoms with Crippen LogP contribution in [-0.2, 0) is 6.54 Å². The van der Waals surface area contributed by atoms with E-state index >= 15 is 0 Å². The second-order valence-corrected chi connectivity index (χ2v) is 4.88. The molecule has 0 aliphatic heterocycles. The lowest BCUT2D eigenvalue weighted by Gasteiger charge is -2.03. The highest BCUT2D eigenvalue weighted by molar-refractivity contribution is 5.42. The first-order chi connectivity index (χ1) is 10.2. The normalized spacial score (nSPS) is 10.5. The Labute approximate surface area is 123 Å². The first kappa shape index (κ1) is 13.2. The zero-order valence-corrected chi connectivity index (χ0v) is 11.8. The van der Waals surface area contributed by atoms with Crippen molar-refractivity contribution in [3.05, 3.63) is 65.7 Å². The van der Waals surface area contributed by atoms with Crippen molar-refractivity contribution in [3.63, 3.8) is 0 Å². The second kappa shape index (κ2) is 5.66. The van der Waals surface area contributed by atoms with E-state index in [1.807, 2.05) is 30.3 Å². The third-order valence-corrected chi connectivity index (χ3v) is 3.20. The van der Waals surface area contributed by atoms with Gasteiger partial charge in [-0.15, -0.1) is 5.10 Å². The summed E-state index contributed by atoms with van der Waals surface area (Å²) in [5.74, 6) is 0.893. The number of hydrogen-bond acceptors (Lipinski definition) is 4. The van der Waals surface area contributed by atoms with Gasteiger partial charge in [0, 0.05) is 6.54 Å². The molecule has 3 N–H and O–H groups in total. The lowest BCUT2D eigenvalue weighted by Crippen LogP contribution is -2.03. The number of aryl methyl sites for hydroxylation is 1. The summed E-state index contributed by atoms with van der Waals surface area (Å²) in [6.45, 7) is 2.74. The molecule has 0 unspecified atom stereocenters. The van der Waals surface area contributed by atoms with E-state index in [9.17, 15) is 0 Å². The van der Waals surface area contributed by atoms with Crippen molar-refractivity contribution in [3.8, 4) is 5.69 Å². The average molecular weight is 279 g/mol. The highest BCUT2D eigenvalue weighted by Crippen LogP contribution is 2.14. The molecule has 3 aromatic rings. The van der Waals surface area contributed by atoms with Gasteiger partial charge in [-0.05, 0) is 24.6 Å². The van der Waals surface area contributed by atoms with E-state index in [0.717, 1.165) is 5.69 Å². The zero-order chi connectivity index (χ0) is 14.7. The summed E-state index contributed by atoms with van der Waals surface area (Å²) in [6.07, 6.45) is 0. The molecule has 5 heteroatoms. The lowest BCUT2D eigenvalue weighted by molar-refractivity contribution is 0.887. The third-order valence-electron chi connectivity index (χ3n) is 3.20. The summed E-state index contributed by atoms with van der Waals surface area (Å²) in [7, 11) is 0. The van der Waals surface area contributed by atoms with Gasteiger partial charge in [0.15, 0.2) is 0 Å². The Kier molecular flexibility index (Phi) is 3.55. The molecule has 0 aliphatic rings. The molecule has 0 aliphatic carbocycles. The molecule has 106 valence electrons. The first-order valence-electron chi connectivity index (χ1n) is 6.80. The largest absolute Gasteiger partial charge is 0.368 e. The summed E-state index contributed by atoms with van der Waals surface area (Å²) in [5.41, 5.74) is 9.23. The molecule has 0 saturated carbocycles. The summed E-state index contributed by atoms with van der Waals surface area (Å²) in [6, 6.07) is 18.0. The number of hydrogen-bond donors (Lipinski definition) is 2. The minimum Gasteiger partial charge on any atom is -0.368 e. The molecule has 0 radical (unpaired) electrons. The Morgan fingerprint density at radius 2 is 1.76 bits per heavy atom. The van der Waals surface area contributed by atoms with Gasteiger partial charge < -0.3 is 11.1 Å². The third kappa shape index (κ3) is 3.02. The number of anilines is 2. The number of aromatic nitrogens is 3. The monoisotopic (exact) mass is 279 g/mol. The van der Waals surface area contributed by atoms with Gasteiger partial charge in [0.2, 0.25) is 11.9 Å². The number of benzene rings is 2. The molecule has 0 saturated heterocycles. The minimum absolute atomic E-state index is 0.368. The average Bonchev–Trinajstić information content (AvgIpc) is 2.89. The molecule has 21 heavy (non-hydrogen) atoms. The SMILES string of the molecule is Cc1ccc(CNc2nc(N)n(-c3ccccc3)n2)cc1. The summed E-state index contributed by atoms with van der Waals surface area (Å²) >= 11 is 0. The van der Waals surface area contributed by atoms with Crippen LogP contribution in [0.25, 0.3) is 5.69 Å². The Morgan fingerprint density at radius 1 is 1.05 bits per heavy atom. The topological polar surface area (TPSA) is 68.8 Å². The van der Waals surface area contributed by atoms with Crippen molar-refractivity contribution in [2.75, 3.05) is 11.1 Å². The summed E-state index contributed by atoms with van der Waals surface area (Å²) < 4.78 is 1.62. The van der Waals surface area contributed by atoms with Gasteiger partial charge in [0.05, 0.1) is 5.69 Å². The maximum absolute atomic E-state index is 5.91. The molecule has 0 amide bonds. The lowest BCUT2D eigenvalue weighted by atomic mass is 10.1. The molecule has 0 fully saturated rings. The maximum Gasteiger partial charge on any atom is 0.244 e. The van der Waals surface area contributed by atoms with Gasteiger partial charge in [-0.3, -0.25) is 0 Å². The summed E-state index contributed by atoms with van der Waals surface area (Å²) in [4.78, 5) is 4.24. The van der Waals surface area contributed by atoms with E-state index < -0.39 is 0 Å². The fourth-order valence-corrected chi connectivity index (χ4v) is 2.05. The van der Waals surface area contributed by atoms with Gasteiger partial charge in [0.25, 0.3) is 0 Å². The molecule has 0 atom stereocenters. The number of para-hydroxylation sites is 1. The number of nitrogen functional groups attached to an aromatic ring is 1. The fourth-order valence-electron chi connectivity index (χ4n) is 2.05. The van der Waals surface area contributed by atoms with Crippen LogP contribution in [0.15, 0.2) is 54.6 Å². The van der Waals surface area contributed by atoms with Gasteiger partial charge in [-0.1, -0.05) is 48.0 Å². The molecule has 1 aromatic heterocycles. The Bertz CT molecular complexity index is 716. The van der Waals surface area contributed by atoms with E-state index in [-0.39, 0.29) is 0 Å². The molecule has 1 heterocycles.